The molecule has 1 saturated heterocycles. The number of piperidine rings is 1. The molecule has 1 aromatic rings. The number of nitrogens with zero attached hydrogens (tertiary/aromatic N) is 1. The summed E-state index contributed by atoms with van der Waals surface area (Å²) in [5.74, 6) is -0.0839. The molecule has 0 radical (unpaired) electrons. The van der Waals surface area contributed by atoms with Crippen LogP contribution < -0.4 is 5.32 Å². The van der Waals surface area contributed by atoms with Gasteiger partial charge in [0.05, 0.1) is 4.90 Å². The molecule has 6 heteroatoms. The molecular weight excluding hydrogens is 288 g/mol. The van der Waals surface area contributed by atoms with E-state index in [-0.39, 0.29) is 11.8 Å². The Morgan fingerprint density at radius 3 is 2.33 bits per heavy atom. The van der Waals surface area contributed by atoms with E-state index in [0.29, 0.717) is 30.8 Å². The molecule has 1 aliphatic heterocycles. The topological polar surface area (TPSA) is 66.5 Å². The fraction of sp³-hybridized carbons (Fsp3) is 0.533. The van der Waals surface area contributed by atoms with Gasteiger partial charge in [0.25, 0.3) is 0 Å². The van der Waals surface area contributed by atoms with Gasteiger partial charge in [0.2, 0.25) is 15.9 Å². The largest absolute Gasteiger partial charge is 0.359 e. The maximum Gasteiger partial charge on any atom is 0.243 e. The number of sulfonamides is 1. The van der Waals surface area contributed by atoms with Crippen LogP contribution in [-0.4, -0.2) is 38.8 Å². The lowest BCUT2D eigenvalue weighted by atomic mass is 9.97. The summed E-state index contributed by atoms with van der Waals surface area (Å²) < 4.78 is 26.7. The zero-order chi connectivity index (χ0) is 15.6. The number of rotatable bonds is 3. The summed E-state index contributed by atoms with van der Waals surface area (Å²) in [6.45, 7) is 4.66. The van der Waals surface area contributed by atoms with E-state index in [1.807, 2.05) is 19.9 Å². The smallest absolute Gasteiger partial charge is 0.243 e. The van der Waals surface area contributed by atoms with Crippen LogP contribution >= 0.6 is 0 Å². The molecule has 21 heavy (non-hydrogen) atoms. The molecule has 2 rings (SSSR count). The van der Waals surface area contributed by atoms with Crippen molar-refractivity contribution in [2.24, 2.45) is 5.92 Å². The third kappa shape index (κ3) is 3.27. The highest BCUT2D eigenvalue weighted by Crippen LogP contribution is 2.25. The first-order valence-electron chi connectivity index (χ1n) is 7.15. The van der Waals surface area contributed by atoms with Gasteiger partial charge in [-0.25, -0.2) is 8.42 Å². The van der Waals surface area contributed by atoms with Gasteiger partial charge in [-0.1, -0.05) is 6.07 Å². The first-order valence-corrected chi connectivity index (χ1v) is 8.59. The number of amides is 1. The van der Waals surface area contributed by atoms with Gasteiger partial charge < -0.3 is 5.32 Å². The van der Waals surface area contributed by atoms with Crippen LogP contribution in [0.2, 0.25) is 0 Å². The fourth-order valence-electron chi connectivity index (χ4n) is 2.59. The molecule has 0 saturated carbocycles. The molecule has 0 bridgehead atoms. The number of carbonyl (C=O) groups excluding carboxylic acids is 1. The van der Waals surface area contributed by atoms with Crippen molar-refractivity contribution in [2.45, 2.75) is 31.6 Å². The van der Waals surface area contributed by atoms with Crippen LogP contribution in [0.4, 0.5) is 0 Å². The Bertz CT molecular complexity index is 632. The van der Waals surface area contributed by atoms with E-state index in [2.05, 4.69) is 5.32 Å². The van der Waals surface area contributed by atoms with E-state index in [9.17, 15) is 13.2 Å². The lowest BCUT2D eigenvalue weighted by Crippen LogP contribution is -2.42. The molecule has 0 atom stereocenters. The van der Waals surface area contributed by atoms with Crippen molar-refractivity contribution in [3.63, 3.8) is 0 Å². The van der Waals surface area contributed by atoms with Gasteiger partial charge in [-0.3, -0.25) is 4.79 Å². The SMILES string of the molecule is CNC(=O)C1CCN(S(=O)(=O)c2ccc(C)c(C)c2)CC1. The van der Waals surface area contributed by atoms with Crippen LogP contribution in [-0.2, 0) is 14.8 Å². The molecule has 1 heterocycles. The van der Waals surface area contributed by atoms with E-state index < -0.39 is 10.0 Å². The molecule has 0 aliphatic carbocycles. The Morgan fingerprint density at radius 1 is 1.19 bits per heavy atom. The Hall–Kier alpha value is -1.40. The van der Waals surface area contributed by atoms with Crippen molar-refractivity contribution in [3.05, 3.63) is 29.3 Å². The monoisotopic (exact) mass is 310 g/mol. The standard InChI is InChI=1S/C15H22N2O3S/c1-11-4-5-14(10-12(11)2)21(19,20)17-8-6-13(7-9-17)15(18)16-3/h4-5,10,13H,6-9H2,1-3H3,(H,16,18). The van der Waals surface area contributed by atoms with E-state index in [0.717, 1.165) is 11.1 Å². The third-order valence-corrected chi connectivity index (χ3v) is 6.08. The van der Waals surface area contributed by atoms with Crippen LogP contribution in [0.25, 0.3) is 0 Å². The minimum absolute atomic E-state index is 0.00164. The average molecular weight is 310 g/mol. The van der Waals surface area contributed by atoms with Gasteiger partial charge in [0, 0.05) is 26.1 Å². The highest BCUT2D eigenvalue weighted by atomic mass is 32.2. The zero-order valence-electron chi connectivity index (χ0n) is 12.7. The molecule has 116 valence electrons. The maximum atomic E-state index is 12.6. The van der Waals surface area contributed by atoms with Gasteiger partial charge in [0.1, 0.15) is 0 Å². The predicted molar refractivity (Wildman–Crippen MR) is 81.5 cm³/mol. The van der Waals surface area contributed by atoms with E-state index in [1.54, 1.807) is 19.2 Å². The van der Waals surface area contributed by atoms with Crippen LogP contribution in [0.3, 0.4) is 0 Å². The minimum Gasteiger partial charge on any atom is -0.359 e. The summed E-state index contributed by atoms with van der Waals surface area (Å²) in [4.78, 5) is 11.9. The third-order valence-electron chi connectivity index (χ3n) is 4.19. The van der Waals surface area contributed by atoms with Crippen molar-refractivity contribution >= 4 is 15.9 Å². The average Bonchev–Trinajstić information content (AvgIpc) is 2.49. The molecule has 0 aromatic heterocycles. The van der Waals surface area contributed by atoms with Gasteiger partial charge >= 0.3 is 0 Å². The highest BCUT2D eigenvalue weighted by Gasteiger charge is 2.31. The molecule has 0 unspecified atom stereocenters. The van der Waals surface area contributed by atoms with Crippen molar-refractivity contribution in [2.75, 3.05) is 20.1 Å². The van der Waals surface area contributed by atoms with Crippen molar-refractivity contribution in [1.29, 1.82) is 0 Å². The minimum atomic E-state index is -3.46. The summed E-state index contributed by atoms with van der Waals surface area (Å²) in [5.41, 5.74) is 2.04. The first-order chi connectivity index (χ1) is 9.86. The van der Waals surface area contributed by atoms with E-state index in [1.165, 1.54) is 4.31 Å². The molecule has 1 aliphatic rings. The summed E-state index contributed by atoms with van der Waals surface area (Å²) in [6, 6.07) is 5.21. The number of benzene rings is 1. The second kappa shape index (κ2) is 6.15. The summed E-state index contributed by atoms with van der Waals surface area (Å²) in [5, 5.41) is 2.63. The number of hydrogen-bond acceptors (Lipinski definition) is 3. The normalized spacial score (nSPS) is 17.7. The predicted octanol–water partition coefficient (Wildman–Crippen LogP) is 1.45. The van der Waals surface area contributed by atoms with Gasteiger partial charge in [0.15, 0.2) is 0 Å². The summed E-state index contributed by atoms with van der Waals surface area (Å²) in [7, 11) is -1.84. The molecule has 5 nitrogen and oxygen atoms in total. The molecule has 0 spiro atoms. The number of carbonyl (C=O) groups is 1. The highest BCUT2D eigenvalue weighted by molar-refractivity contribution is 7.89. The number of nitrogens with one attached hydrogen (secondary N) is 1. The fourth-order valence-corrected chi connectivity index (χ4v) is 4.14. The molecule has 1 fully saturated rings. The zero-order valence-corrected chi connectivity index (χ0v) is 13.5. The lowest BCUT2D eigenvalue weighted by Gasteiger charge is -2.30. The first kappa shape index (κ1) is 16.0. The second-order valence-electron chi connectivity index (χ2n) is 5.54. The van der Waals surface area contributed by atoms with Crippen LogP contribution in [0, 0.1) is 19.8 Å². The Kier molecular flexibility index (Phi) is 4.68. The van der Waals surface area contributed by atoms with Crippen molar-refractivity contribution in [1.82, 2.24) is 9.62 Å². The Balaban J connectivity index is 2.14. The molecule has 1 aromatic carbocycles. The molecular formula is C15H22N2O3S. The summed E-state index contributed by atoms with van der Waals surface area (Å²) in [6.07, 6.45) is 1.15. The van der Waals surface area contributed by atoms with Crippen LogP contribution in [0.1, 0.15) is 24.0 Å². The second-order valence-corrected chi connectivity index (χ2v) is 7.48. The van der Waals surface area contributed by atoms with Crippen molar-refractivity contribution < 1.29 is 13.2 Å². The number of hydrogen-bond donors (Lipinski definition) is 1. The molecule has 1 amide bonds. The lowest BCUT2D eigenvalue weighted by molar-refractivity contribution is -0.125. The summed E-state index contributed by atoms with van der Waals surface area (Å²) >= 11 is 0. The van der Waals surface area contributed by atoms with Gasteiger partial charge in [-0.05, 0) is 49.9 Å². The maximum absolute atomic E-state index is 12.6. The molecule has 1 N–H and O–H groups in total. The van der Waals surface area contributed by atoms with Crippen LogP contribution in [0.5, 0.6) is 0 Å². The van der Waals surface area contributed by atoms with E-state index >= 15 is 0 Å². The Morgan fingerprint density at radius 2 is 1.81 bits per heavy atom. The van der Waals surface area contributed by atoms with E-state index in [4.69, 9.17) is 0 Å². The quantitative estimate of drug-likeness (QED) is 0.919. The number of aryl methyl sites for hydroxylation is 2. The Labute approximate surface area is 126 Å². The van der Waals surface area contributed by atoms with Crippen LogP contribution in [0.15, 0.2) is 23.1 Å². The van der Waals surface area contributed by atoms with Crippen molar-refractivity contribution in [3.8, 4) is 0 Å². The van der Waals surface area contributed by atoms with Gasteiger partial charge in [-0.2, -0.15) is 4.31 Å². The van der Waals surface area contributed by atoms with Gasteiger partial charge in [-0.15, -0.1) is 0 Å².